The Morgan fingerprint density at radius 2 is 1.60 bits per heavy atom. The summed E-state index contributed by atoms with van der Waals surface area (Å²) in [5, 5.41) is 2.90. The van der Waals surface area contributed by atoms with Crippen molar-refractivity contribution in [3.63, 3.8) is 0 Å². The van der Waals surface area contributed by atoms with Crippen molar-refractivity contribution in [3.8, 4) is 5.75 Å². The van der Waals surface area contributed by atoms with E-state index in [9.17, 15) is 4.79 Å². The average Bonchev–Trinajstić information content (AvgIpc) is 2.62. The predicted molar refractivity (Wildman–Crippen MR) is 101 cm³/mol. The highest BCUT2D eigenvalue weighted by Gasteiger charge is 2.06. The van der Waals surface area contributed by atoms with Gasteiger partial charge in [-0.2, -0.15) is 0 Å². The fraction of sp³-hybridized carbons (Fsp3) is 0.136. The Labute approximate surface area is 148 Å². The molecule has 3 aromatic rings. The van der Waals surface area contributed by atoms with Gasteiger partial charge in [-0.1, -0.05) is 42.0 Å². The van der Waals surface area contributed by atoms with Gasteiger partial charge in [-0.25, -0.2) is 0 Å². The van der Waals surface area contributed by atoms with E-state index in [1.807, 2.05) is 86.6 Å². The molecule has 0 aliphatic rings. The van der Waals surface area contributed by atoms with Gasteiger partial charge in [-0.15, -0.1) is 0 Å². The minimum atomic E-state index is -0.116. The van der Waals surface area contributed by atoms with Crippen molar-refractivity contribution >= 4 is 11.6 Å². The molecular weight excluding hydrogens is 310 g/mol. The molecule has 0 radical (unpaired) electrons. The van der Waals surface area contributed by atoms with E-state index >= 15 is 0 Å². The SMILES string of the molecule is Cc1ccc(NC(=O)c2ccc(COc3cccc(C)c3)cc2)cc1. The number of anilines is 1. The Bertz CT molecular complexity index is 852. The van der Waals surface area contributed by atoms with Crippen LogP contribution in [-0.4, -0.2) is 5.91 Å². The molecule has 0 aromatic heterocycles. The lowest BCUT2D eigenvalue weighted by atomic mass is 10.1. The maximum atomic E-state index is 12.3. The topological polar surface area (TPSA) is 38.3 Å². The van der Waals surface area contributed by atoms with Crippen LogP contribution in [0.4, 0.5) is 5.69 Å². The van der Waals surface area contributed by atoms with Crippen molar-refractivity contribution in [3.05, 3.63) is 95.1 Å². The summed E-state index contributed by atoms with van der Waals surface area (Å²) < 4.78 is 5.78. The van der Waals surface area contributed by atoms with Crippen LogP contribution >= 0.6 is 0 Å². The van der Waals surface area contributed by atoms with Crippen LogP contribution in [0, 0.1) is 13.8 Å². The van der Waals surface area contributed by atoms with Crippen LogP contribution in [0.5, 0.6) is 5.75 Å². The minimum Gasteiger partial charge on any atom is -0.489 e. The lowest BCUT2D eigenvalue weighted by Gasteiger charge is -2.08. The number of carbonyl (C=O) groups excluding carboxylic acids is 1. The van der Waals surface area contributed by atoms with E-state index in [0.717, 1.165) is 22.6 Å². The van der Waals surface area contributed by atoms with Crippen LogP contribution in [0.1, 0.15) is 27.0 Å². The summed E-state index contributed by atoms with van der Waals surface area (Å²) in [6.07, 6.45) is 0. The molecular formula is C22H21NO2. The highest BCUT2D eigenvalue weighted by molar-refractivity contribution is 6.04. The van der Waals surface area contributed by atoms with Crippen LogP contribution in [0.3, 0.4) is 0 Å². The number of amides is 1. The summed E-state index contributed by atoms with van der Waals surface area (Å²) in [6, 6.07) is 23.2. The van der Waals surface area contributed by atoms with Gasteiger partial charge in [0.15, 0.2) is 0 Å². The van der Waals surface area contributed by atoms with Gasteiger partial charge >= 0.3 is 0 Å². The van der Waals surface area contributed by atoms with E-state index in [1.165, 1.54) is 5.56 Å². The Morgan fingerprint density at radius 3 is 2.28 bits per heavy atom. The largest absolute Gasteiger partial charge is 0.489 e. The quantitative estimate of drug-likeness (QED) is 0.703. The van der Waals surface area contributed by atoms with Gasteiger partial charge in [0.25, 0.3) is 5.91 Å². The first kappa shape index (κ1) is 16.8. The first-order chi connectivity index (χ1) is 12.1. The first-order valence-electron chi connectivity index (χ1n) is 8.26. The molecule has 25 heavy (non-hydrogen) atoms. The number of rotatable bonds is 5. The fourth-order valence-corrected chi connectivity index (χ4v) is 2.46. The van der Waals surface area contributed by atoms with E-state index in [1.54, 1.807) is 0 Å². The highest BCUT2D eigenvalue weighted by atomic mass is 16.5. The van der Waals surface area contributed by atoms with Gasteiger partial charge in [0.1, 0.15) is 12.4 Å². The molecule has 0 fully saturated rings. The zero-order chi connectivity index (χ0) is 17.6. The Kier molecular flexibility index (Phi) is 5.14. The standard InChI is InChI=1S/C22H21NO2/c1-16-6-12-20(13-7-16)23-22(24)19-10-8-18(9-11-19)15-25-21-5-3-4-17(2)14-21/h3-14H,15H2,1-2H3,(H,23,24). The van der Waals surface area contributed by atoms with Crippen LogP contribution in [0.25, 0.3) is 0 Å². The molecule has 0 aliphatic heterocycles. The zero-order valence-electron chi connectivity index (χ0n) is 14.5. The Balaban J connectivity index is 1.59. The molecule has 1 N–H and O–H groups in total. The number of hydrogen-bond acceptors (Lipinski definition) is 2. The molecule has 0 unspecified atom stereocenters. The molecule has 1 amide bonds. The van der Waals surface area contributed by atoms with Crippen LogP contribution in [0.15, 0.2) is 72.8 Å². The monoisotopic (exact) mass is 331 g/mol. The van der Waals surface area contributed by atoms with Gasteiger partial charge < -0.3 is 10.1 Å². The van der Waals surface area contributed by atoms with E-state index in [2.05, 4.69) is 5.32 Å². The minimum absolute atomic E-state index is 0.116. The summed E-state index contributed by atoms with van der Waals surface area (Å²) in [5.41, 5.74) is 4.77. The van der Waals surface area contributed by atoms with Crippen LogP contribution in [0.2, 0.25) is 0 Å². The highest BCUT2D eigenvalue weighted by Crippen LogP contribution is 2.16. The number of ether oxygens (including phenoxy) is 1. The molecule has 3 rings (SSSR count). The van der Waals surface area contributed by atoms with Crippen molar-refractivity contribution in [2.45, 2.75) is 20.5 Å². The van der Waals surface area contributed by atoms with E-state index < -0.39 is 0 Å². The van der Waals surface area contributed by atoms with Crippen molar-refractivity contribution < 1.29 is 9.53 Å². The molecule has 3 heteroatoms. The summed E-state index contributed by atoms with van der Waals surface area (Å²) in [5.74, 6) is 0.733. The Morgan fingerprint density at radius 1 is 0.880 bits per heavy atom. The third-order valence-electron chi connectivity index (χ3n) is 3.92. The fourth-order valence-electron chi connectivity index (χ4n) is 2.46. The van der Waals surface area contributed by atoms with Gasteiger partial charge in [-0.3, -0.25) is 4.79 Å². The third kappa shape index (κ3) is 4.70. The molecule has 126 valence electrons. The van der Waals surface area contributed by atoms with Crippen LogP contribution in [-0.2, 0) is 6.61 Å². The molecule has 0 saturated carbocycles. The number of hydrogen-bond donors (Lipinski definition) is 1. The van der Waals surface area contributed by atoms with E-state index in [4.69, 9.17) is 4.74 Å². The summed E-state index contributed by atoms with van der Waals surface area (Å²) in [6.45, 7) is 4.53. The second-order valence-corrected chi connectivity index (χ2v) is 6.12. The number of nitrogens with one attached hydrogen (secondary N) is 1. The Hall–Kier alpha value is -3.07. The van der Waals surface area contributed by atoms with Crippen molar-refractivity contribution in [1.82, 2.24) is 0 Å². The predicted octanol–water partition coefficient (Wildman–Crippen LogP) is 5.13. The normalized spacial score (nSPS) is 10.3. The smallest absolute Gasteiger partial charge is 0.255 e. The maximum Gasteiger partial charge on any atom is 0.255 e. The van der Waals surface area contributed by atoms with Gasteiger partial charge in [0, 0.05) is 11.3 Å². The van der Waals surface area contributed by atoms with E-state index in [-0.39, 0.29) is 5.91 Å². The first-order valence-corrected chi connectivity index (χ1v) is 8.26. The molecule has 0 bridgehead atoms. The van der Waals surface area contributed by atoms with Gasteiger partial charge in [0.05, 0.1) is 0 Å². The van der Waals surface area contributed by atoms with Gasteiger partial charge in [0.2, 0.25) is 0 Å². The van der Waals surface area contributed by atoms with E-state index in [0.29, 0.717) is 12.2 Å². The zero-order valence-corrected chi connectivity index (χ0v) is 14.5. The summed E-state index contributed by atoms with van der Waals surface area (Å²) in [4.78, 5) is 12.3. The molecule has 3 aromatic carbocycles. The number of carbonyl (C=O) groups is 1. The molecule has 0 saturated heterocycles. The number of aryl methyl sites for hydroxylation is 2. The number of benzene rings is 3. The second-order valence-electron chi connectivity index (χ2n) is 6.12. The van der Waals surface area contributed by atoms with Crippen molar-refractivity contribution in [2.24, 2.45) is 0 Å². The van der Waals surface area contributed by atoms with Gasteiger partial charge in [-0.05, 0) is 61.4 Å². The van der Waals surface area contributed by atoms with Crippen molar-refractivity contribution in [2.75, 3.05) is 5.32 Å². The average molecular weight is 331 g/mol. The lowest BCUT2D eigenvalue weighted by Crippen LogP contribution is -2.11. The lowest BCUT2D eigenvalue weighted by molar-refractivity contribution is 0.102. The summed E-state index contributed by atoms with van der Waals surface area (Å²) in [7, 11) is 0. The second kappa shape index (κ2) is 7.67. The summed E-state index contributed by atoms with van der Waals surface area (Å²) >= 11 is 0. The molecule has 0 heterocycles. The third-order valence-corrected chi connectivity index (χ3v) is 3.92. The van der Waals surface area contributed by atoms with Crippen LogP contribution < -0.4 is 10.1 Å². The molecule has 0 atom stereocenters. The maximum absolute atomic E-state index is 12.3. The molecule has 0 aliphatic carbocycles. The molecule has 0 spiro atoms. The molecule has 3 nitrogen and oxygen atoms in total. The van der Waals surface area contributed by atoms with Crippen molar-refractivity contribution in [1.29, 1.82) is 0 Å².